The van der Waals surface area contributed by atoms with Crippen molar-refractivity contribution in [2.75, 3.05) is 0 Å². The van der Waals surface area contributed by atoms with Crippen LogP contribution in [-0.4, -0.2) is 9.97 Å². The van der Waals surface area contributed by atoms with E-state index in [1.165, 1.54) is 50.1 Å². The molecule has 8 aromatic carbocycles. The zero-order valence-corrected chi connectivity index (χ0v) is 34.2. The molecule has 3 heteroatoms. The topological polar surface area (TPSA) is 49.6 Å². The Morgan fingerprint density at radius 2 is 0.762 bits per heavy atom. The van der Waals surface area contributed by atoms with Crippen molar-refractivity contribution < 1.29 is 0 Å². The predicted octanol–water partition coefficient (Wildman–Crippen LogP) is 14.7. The van der Waals surface area contributed by atoms with Crippen molar-refractivity contribution in [3.63, 3.8) is 0 Å². The molecule has 63 heavy (non-hydrogen) atoms. The first-order valence-electron chi connectivity index (χ1n) is 21.3. The number of benzene rings is 8. The maximum absolute atomic E-state index is 10.2. The van der Waals surface area contributed by atoms with E-state index in [4.69, 9.17) is 4.98 Å². The fourth-order valence-electron chi connectivity index (χ4n) is 10.1. The lowest BCUT2D eigenvalue weighted by Crippen LogP contribution is -2.26. The van der Waals surface area contributed by atoms with Crippen LogP contribution < -0.4 is 0 Å². The second-order valence-corrected chi connectivity index (χ2v) is 16.4. The van der Waals surface area contributed by atoms with Gasteiger partial charge in [-0.3, -0.25) is 4.98 Å². The van der Waals surface area contributed by atoms with Gasteiger partial charge >= 0.3 is 0 Å². The Labute approximate surface area is 366 Å². The second kappa shape index (κ2) is 14.6. The van der Waals surface area contributed by atoms with Crippen molar-refractivity contribution in [3.05, 3.63) is 253 Å². The van der Waals surface area contributed by atoms with Crippen LogP contribution in [0.5, 0.6) is 0 Å². The Hall–Kier alpha value is -8.45. The number of pyridine rings is 2. The molecule has 2 aromatic heterocycles. The fourth-order valence-corrected chi connectivity index (χ4v) is 10.1. The van der Waals surface area contributed by atoms with Crippen LogP contribution in [0.25, 0.3) is 89.3 Å². The largest absolute Gasteiger partial charge is 0.265 e. The van der Waals surface area contributed by atoms with Gasteiger partial charge in [-0.05, 0) is 150 Å². The normalized spacial score (nSPS) is 12.6. The fraction of sp³-hybridized carbons (Fsp3) is 0.0167. The number of hydrogen-bond donors (Lipinski definition) is 0. The quantitative estimate of drug-likeness (QED) is 0.168. The van der Waals surface area contributed by atoms with Crippen LogP contribution in [0.2, 0.25) is 0 Å². The third-order valence-corrected chi connectivity index (χ3v) is 13.0. The van der Waals surface area contributed by atoms with E-state index in [2.05, 4.69) is 211 Å². The molecule has 2 aliphatic carbocycles. The molecule has 292 valence electrons. The van der Waals surface area contributed by atoms with Crippen LogP contribution in [0, 0.1) is 11.3 Å². The van der Waals surface area contributed by atoms with E-state index < -0.39 is 5.41 Å². The minimum atomic E-state index is -0.581. The molecule has 0 unspecified atom stereocenters. The smallest absolute Gasteiger partial charge is 0.0991 e. The molecule has 0 amide bonds. The van der Waals surface area contributed by atoms with Gasteiger partial charge < -0.3 is 0 Å². The van der Waals surface area contributed by atoms with Crippen molar-refractivity contribution in [3.8, 4) is 95.3 Å². The summed E-state index contributed by atoms with van der Waals surface area (Å²) in [5.74, 6) is 0. The van der Waals surface area contributed by atoms with Gasteiger partial charge in [-0.25, -0.2) is 4.98 Å². The Bertz CT molecular complexity index is 3390. The Balaban J connectivity index is 1.07. The second-order valence-electron chi connectivity index (χ2n) is 16.4. The molecule has 3 nitrogen and oxygen atoms in total. The van der Waals surface area contributed by atoms with Gasteiger partial charge in [-0.1, -0.05) is 152 Å². The highest BCUT2D eigenvalue weighted by molar-refractivity contribution is 5.96. The summed E-state index contributed by atoms with van der Waals surface area (Å²) in [5.41, 5.74) is 22.6. The van der Waals surface area contributed by atoms with Crippen molar-refractivity contribution in [1.29, 1.82) is 5.26 Å². The van der Waals surface area contributed by atoms with Crippen LogP contribution >= 0.6 is 0 Å². The van der Waals surface area contributed by atoms with Crippen molar-refractivity contribution >= 4 is 0 Å². The summed E-state index contributed by atoms with van der Waals surface area (Å²) in [6.07, 6.45) is 3.71. The molecule has 0 atom stereocenters. The number of nitriles is 1. The Kier molecular flexibility index (Phi) is 8.45. The molecule has 0 bridgehead atoms. The van der Waals surface area contributed by atoms with E-state index in [1.54, 1.807) is 0 Å². The summed E-state index contributed by atoms with van der Waals surface area (Å²) in [5, 5.41) is 10.2. The van der Waals surface area contributed by atoms with Gasteiger partial charge in [0.25, 0.3) is 0 Å². The van der Waals surface area contributed by atoms with Gasteiger partial charge in [0.15, 0.2) is 0 Å². The highest BCUT2D eigenvalue weighted by Crippen LogP contribution is 2.63. The number of aromatic nitrogens is 2. The summed E-state index contributed by atoms with van der Waals surface area (Å²) in [4.78, 5) is 9.81. The van der Waals surface area contributed by atoms with E-state index in [-0.39, 0.29) is 0 Å². The molecule has 2 aliphatic rings. The number of fused-ring (bicyclic) bond motifs is 10. The maximum Gasteiger partial charge on any atom is 0.0991 e. The molecule has 12 rings (SSSR count). The molecule has 1 spiro atoms. The molecule has 0 N–H and O–H groups in total. The lowest BCUT2D eigenvalue weighted by molar-refractivity contribution is 0.793. The third kappa shape index (κ3) is 5.88. The van der Waals surface area contributed by atoms with Crippen LogP contribution in [0.3, 0.4) is 0 Å². The van der Waals surface area contributed by atoms with Crippen molar-refractivity contribution in [2.24, 2.45) is 0 Å². The van der Waals surface area contributed by atoms with E-state index in [0.29, 0.717) is 5.56 Å². The first-order chi connectivity index (χ1) is 31.2. The van der Waals surface area contributed by atoms with E-state index in [1.807, 2.05) is 24.5 Å². The molecule has 0 saturated carbocycles. The van der Waals surface area contributed by atoms with E-state index in [9.17, 15) is 5.26 Å². The SMILES string of the molecule is N#Cc1ccc2c(c1)C1(c3ccccc3-c3ccccc31)c1cc(-c3cc(-c4ccncc4)cc(-c4cc(-c5ccccc5)cc(-c5ccc(-c6ccccc6)cc5)n4)c3)ccc1-2. The highest BCUT2D eigenvalue weighted by atomic mass is 14.7. The van der Waals surface area contributed by atoms with Crippen LogP contribution in [0.15, 0.2) is 225 Å². The van der Waals surface area contributed by atoms with Gasteiger partial charge in [-0.2, -0.15) is 5.26 Å². The number of nitrogens with zero attached hydrogens (tertiary/aromatic N) is 3. The van der Waals surface area contributed by atoms with Crippen LogP contribution in [0.4, 0.5) is 0 Å². The maximum atomic E-state index is 10.2. The summed E-state index contributed by atoms with van der Waals surface area (Å²) in [6, 6.07) is 78.4. The molecule has 10 aromatic rings. The zero-order chi connectivity index (χ0) is 41.9. The predicted molar refractivity (Wildman–Crippen MR) is 256 cm³/mol. The Morgan fingerprint density at radius 1 is 0.317 bits per heavy atom. The minimum Gasteiger partial charge on any atom is -0.265 e. The lowest BCUT2D eigenvalue weighted by atomic mass is 9.70. The molecule has 2 heterocycles. The van der Waals surface area contributed by atoms with Gasteiger partial charge in [0, 0.05) is 23.5 Å². The monoisotopic (exact) mass is 799 g/mol. The number of hydrogen-bond acceptors (Lipinski definition) is 3. The molecule has 0 fully saturated rings. The Morgan fingerprint density at radius 3 is 1.41 bits per heavy atom. The summed E-state index contributed by atoms with van der Waals surface area (Å²) in [6.45, 7) is 0. The average molecular weight is 800 g/mol. The van der Waals surface area contributed by atoms with Crippen LogP contribution in [0.1, 0.15) is 27.8 Å². The third-order valence-electron chi connectivity index (χ3n) is 13.0. The zero-order valence-electron chi connectivity index (χ0n) is 34.2. The van der Waals surface area contributed by atoms with Gasteiger partial charge in [0.2, 0.25) is 0 Å². The lowest BCUT2D eigenvalue weighted by Gasteiger charge is -2.30. The first-order valence-corrected chi connectivity index (χ1v) is 21.3. The average Bonchev–Trinajstić information content (AvgIpc) is 3.83. The van der Waals surface area contributed by atoms with Crippen LogP contribution in [-0.2, 0) is 5.41 Å². The highest BCUT2D eigenvalue weighted by Gasteiger charge is 2.51. The van der Waals surface area contributed by atoms with Crippen molar-refractivity contribution in [2.45, 2.75) is 5.41 Å². The van der Waals surface area contributed by atoms with E-state index in [0.717, 1.165) is 61.5 Å². The van der Waals surface area contributed by atoms with Gasteiger partial charge in [-0.15, -0.1) is 0 Å². The summed E-state index contributed by atoms with van der Waals surface area (Å²) < 4.78 is 0. The molecular formula is C60H37N3. The summed E-state index contributed by atoms with van der Waals surface area (Å²) in [7, 11) is 0. The standard InChI is InChI=1S/C60H37N3/c61-38-39-19-25-52-53-26-24-45(35-57(53)60(56(52)31-39)54-17-9-7-15-50(54)51-16-8-10-18-55(51)60)47-32-46(43-27-29-62-30-28-43)33-49(34-47)59-37-48(41-13-5-2-6-14-41)36-58(63-59)44-22-20-42(21-23-44)40-11-3-1-4-12-40/h1-37H. The molecule has 0 saturated heterocycles. The summed E-state index contributed by atoms with van der Waals surface area (Å²) >= 11 is 0. The molecule has 0 radical (unpaired) electrons. The number of rotatable bonds is 6. The van der Waals surface area contributed by atoms with Gasteiger partial charge in [0.1, 0.15) is 0 Å². The molecular weight excluding hydrogens is 763 g/mol. The van der Waals surface area contributed by atoms with E-state index >= 15 is 0 Å². The molecule has 0 aliphatic heterocycles. The van der Waals surface area contributed by atoms with Crippen molar-refractivity contribution in [1.82, 2.24) is 9.97 Å². The minimum absolute atomic E-state index is 0.581. The first kappa shape index (κ1) is 36.4. The van der Waals surface area contributed by atoms with Gasteiger partial charge in [0.05, 0.1) is 28.4 Å².